The van der Waals surface area contributed by atoms with Gasteiger partial charge in [0, 0.05) is 30.0 Å². The monoisotopic (exact) mass is 490 g/mol. The van der Waals surface area contributed by atoms with Crippen molar-refractivity contribution in [3.63, 3.8) is 0 Å². The van der Waals surface area contributed by atoms with E-state index in [2.05, 4.69) is 19.9 Å². The van der Waals surface area contributed by atoms with Gasteiger partial charge in [-0.15, -0.1) is 10.2 Å². The van der Waals surface area contributed by atoms with E-state index >= 15 is 0 Å². The van der Waals surface area contributed by atoms with Crippen LogP contribution in [-0.4, -0.2) is 38.6 Å². The van der Waals surface area contributed by atoms with Gasteiger partial charge in [0.15, 0.2) is 0 Å². The number of fused-ring (bicyclic) bond motifs is 1. The van der Waals surface area contributed by atoms with Crippen LogP contribution in [0.25, 0.3) is 16.9 Å². The number of nitrogens with one attached hydrogen (secondary N) is 1. The molecule has 8 nitrogen and oxygen atoms in total. The Labute approximate surface area is 193 Å². The number of halogens is 3. The first-order chi connectivity index (χ1) is 16.2. The van der Waals surface area contributed by atoms with Crippen LogP contribution in [0.2, 0.25) is 0 Å². The summed E-state index contributed by atoms with van der Waals surface area (Å²) in [6.45, 7) is 0. The first-order valence-electron chi connectivity index (χ1n) is 10.7. The van der Waals surface area contributed by atoms with E-state index in [1.165, 1.54) is 12.3 Å². The lowest BCUT2D eigenvalue weighted by Gasteiger charge is -2.30. The first-order valence-corrected chi connectivity index (χ1v) is 12.2. The Kier molecular flexibility index (Phi) is 5.64. The van der Waals surface area contributed by atoms with Crippen LogP contribution in [0, 0.1) is 0 Å². The maximum absolute atomic E-state index is 13.7. The quantitative estimate of drug-likeness (QED) is 0.455. The minimum atomic E-state index is -4.71. The molecule has 1 aliphatic carbocycles. The van der Waals surface area contributed by atoms with Gasteiger partial charge in [0.2, 0.25) is 10.0 Å². The number of rotatable bonds is 5. The molecule has 0 aliphatic heterocycles. The lowest BCUT2D eigenvalue weighted by atomic mass is 9.91. The van der Waals surface area contributed by atoms with Crippen molar-refractivity contribution in [2.75, 3.05) is 0 Å². The van der Waals surface area contributed by atoms with Crippen LogP contribution < -0.4 is 4.72 Å². The predicted molar refractivity (Wildman–Crippen MR) is 117 cm³/mol. The van der Waals surface area contributed by atoms with Crippen LogP contribution in [0.15, 0.2) is 66.3 Å². The number of sulfonamides is 1. The molecule has 1 aromatic carbocycles. The maximum atomic E-state index is 13.7. The molecule has 1 fully saturated rings. The molecule has 5 rings (SSSR count). The lowest BCUT2D eigenvalue weighted by Crippen LogP contribution is -2.38. The van der Waals surface area contributed by atoms with Gasteiger partial charge in [-0.3, -0.25) is 4.40 Å². The number of benzene rings is 1. The smallest absolute Gasteiger partial charge is 0.317 e. The van der Waals surface area contributed by atoms with Crippen molar-refractivity contribution in [3.05, 3.63) is 67.0 Å². The Balaban J connectivity index is 1.51. The fraction of sp³-hybridized carbons (Fsp3) is 0.318. The van der Waals surface area contributed by atoms with Crippen molar-refractivity contribution >= 4 is 15.7 Å². The third-order valence-electron chi connectivity index (χ3n) is 6.09. The minimum absolute atomic E-state index is 0.0207. The Morgan fingerprint density at radius 3 is 2.62 bits per heavy atom. The zero-order valence-corrected chi connectivity index (χ0v) is 18.7. The van der Waals surface area contributed by atoms with Gasteiger partial charge >= 0.3 is 6.18 Å². The molecule has 0 saturated heterocycles. The highest BCUT2D eigenvalue weighted by molar-refractivity contribution is 7.89. The molecule has 34 heavy (non-hydrogen) atoms. The van der Waals surface area contributed by atoms with Crippen molar-refractivity contribution in [2.24, 2.45) is 0 Å². The molecule has 1 N–H and O–H groups in total. The topological polar surface area (TPSA) is 94.2 Å². The van der Waals surface area contributed by atoms with Crippen LogP contribution in [0.5, 0.6) is 0 Å². The highest BCUT2D eigenvalue weighted by Crippen LogP contribution is 2.35. The molecule has 0 spiro atoms. The van der Waals surface area contributed by atoms with Gasteiger partial charge in [-0.1, -0.05) is 6.07 Å². The second-order valence-corrected chi connectivity index (χ2v) is 10.1. The van der Waals surface area contributed by atoms with E-state index in [0.717, 1.165) is 18.9 Å². The molecule has 0 unspecified atom stereocenters. The molecule has 12 heteroatoms. The van der Waals surface area contributed by atoms with Crippen LogP contribution >= 0.6 is 0 Å². The van der Waals surface area contributed by atoms with E-state index in [9.17, 15) is 21.6 Å². The van der Waals surface area contributed by atoms with Gasteiger partial charge < -0.3 is 4.57 Å². The molecule has 178 valence electrons. The van der Waals surface area contributed by atoms with Crippen molar-refractivity contribution in [2.45, 2.75) is 48.8 Å². The zero-order chi connectivity index (χ0) is 23.9. The highest BCUT2D eigenvalue weighted by Gasteiger charge is 2.34. The number of aromatic nitrogens is 5. The molecule has 0 amide bonds. The Morgan fingerprint density at radius 2 is 1.85 bits per heavy atom. The lowest BCUT2D eigenvalue weighted by molar-refractivity contribution is -0.137. The zero-order valence-electron chi connectivity index (χ0n) is 17.9. The van der Waals surface area contributed by atoms with E-state index in [-0.39, 0.29) is 11.6 Å². The highest BCUT2D eigenvalue weighted by atomic mass is 32.2. The molecule has 1 aliphatic rings. The average Bonchev–Trinajstić information content (AvgIpc) is 3.50. The maximum Gasteiger partial charge on any atom is 0.416 e. The van der Waals surface area contributed by atoms with E-state index < -0.39 is 32.7 Å². The van der Waals surface area contributed by atoms with E-state index in [1.807, 2.05) is 4.57 Å². The summed E-state index contributed by atoms with van der Waals surface area (Å²) in [4.78, 5) is 3.72. The molecule has 3 aromatic heterocycles. The van der Waals surface area contributed by atoms with Gasteiger partial charge in [0.1, 0.15) is 18.3 Å². The number of hydrogen-bond acceptors (Lipinski definition) is 5. The molecule has 4 aromatic rings. The standard InChI is InChI=1S/C22H21F3N6O2S/c23-22(24,25)16-9-15(20-5-2-6-21-26-7-8-31(20)21)10-19(11-16)34(32,33)29-17-3-1-4-18(12-17)30-13-27-28-14-30/h2,5-11,13-14,17-18,29H,1,3-4,12H2/t17-,18+/m0/s1. The second-order valence-electron chi connectivity index (χ2n) is 8.36. The number of nitrogens with zero attached hydrogens (tertiary/aromatic N) is 5. The summed E-state index contributed by atoms with van der Waals surface area (Å²) in [7, 11) is -4.22. The van der Waals surface area contributed by atoms with E-state index in [1.54, 1.807) is 41.5 Å². The van der Waals surface area contributed by atoms with Crippen molar-refractivity contribution < 1.29 is 21.6 Å². The number of imidazole rings is 1. The van der Waals surface area contributed by atoms with Crippen LogP contribution in [0.4, 0.5) is 13.2 Å². The molecular weight excluding hydrogens is 469 g/mol. The van der Waals surface area contributed by atoms with Crippen molar-refractivity contribution in [1.29, 1.82) is 0 Å². The van der Waals surface area contributed by atoms with E-state index in [0.29, 0.717) is 30.2 Å². The summed E-state index contributed by atoms with van der Waals surface area (Å²) in [6.07, 6.45) is 4.30. The van der Waals surface area contributed by atoms with Crippen molar-refractivity contribution in [3.8, 4) is 11.3 Å². The van der Waals surface area contributed by atoms with Gasteiger partial charge in [-0.05, 0) is 56.0 Å². The molecular formula is C22H21F3N6O2S. The molecule has 0 bridgehead atoms. The summed E-state index contributed by atoms with van der Waals surface area (Å²) >= 11 is 0. The molecule has 2 atom stereocenters. The normalized spacial score (nSPS) is 19.5. The van der Waals surface area contributed by atoms with Crippen LogP contribution in [0.1, 0.15) is 37.3 Å². The summed E-state index contributed by atoms with van der Waals surface area (Å²) in [5.74, 6) is 0. The summed E-state index contributed by atoms with van der Waals surface area (Å²) in [5, 5.41) is 7.59. The average molecular weight is 491 g/mol. The third kappa shape index (κ3) is 4.42. The number of pyridine rings is 1. The first kappa shape index (κ1) is 22.5. The molecule has 0 radical (unpaired) electrons. The predicted octanol–water partition coefficient (Wildman–Crippen LogP) is 4.07. The Bertz CT molecular complexity index is 1420. The van der Waals surface area contributed by atoms with Gasteiger partial charge in [-0.2, -0.15) is 13.2 Å². The van der Waals surface area contributed by atoms with Gasteiger partial charge in [0.05, 0.1) is 16.2 Å². The largest absolute Gasteiger partial charge is 0.416 e. The molecule has 1 saturated carbocycles. The minimum Gasteiger partial charge on any atom is -0.317 e. The number of alkyl halides is 3. The third-order valence-corrected chi connectivity index (χ3v) is 7.59. The van der Waals surface area contributed by atoms with Crippen LogP contribution in [-0.2, 0) is 16.2 Å². The fourth-order valence-electron chi connectivity index (χ4n) is 4.48. The Morgan fingerprint density at radius 1 is 1.06 bits per heavy atom. The van der Waals surface area contributed by atoms with Gasteiger partial charge in [-0.25, -0.2) is 18.1 Å². The summed E-state index contributed by atoms with van der Waals surface area (Å²) in [5.41, 5.74) is 0.0425. The van der Waals surface area contributed by atoms with Crippen molar-refractivity contribution in [1.82, 2.24) is 28.9 Å². The Hall–Kier alpha value is -3.25. The number of hydrogen-bond donors (Lipinski definition) is 1. The van der Waals surface area contributed by atoms with Gasteiger partial charge in [0.25, 0.3) is 0 Å². The molecule has 3 heterocycles. The fourth-order valence-corrected chi connectivity index (χ4v) is 5.83. The van der Waals surface area contributed by atoms with E-state index in [4.69, 9.17) is 0 Å². The SMILES string of the molecule is O=S(=O)(N[C@H]1CCC[C@@H](n2cnnc2)C1)c1cc(-c2cccc3nccn23)cc(C(F)(F)F)c1. The second kappa shape index (κ2) is 8.51. The summed E-state index contributed by atoms with van der Waals surface area (Å²) in [6, 6.07) is 7.51. The van der Waals surface area contributed by atoms with Crippen LogP contribution in [0.3, 0.4) is 0 Å². The summed E-state index contributed by atoms with van der Waals surface area (Å²) < 4.78 is 73.7.